The van der Waals surface area contributed by atoms with E-state index in [4.69, 9.17) is 4.99 Å². The van der Waals surface area contributed by atoms with Crippen LogP contribution < -0.4 is 5.32 Å². The van der Waals surface area contributed by atoms with E-state index in [0.717, 1.165) is 17.0 Å². The van der Waals surface area contributed by atoms with Crippen molar-refractivity contribution in [3.8, 4) is 0 Å². The van der Waals surface area contributed by atoms with Crippen molar-refractivity contribution in [2.45, 2.75) is 25.9 Å². The van der Waals surface area contributed by atoms with Gasteiger partial charge in [-0.3, -0.25) is 4.99 Å². The summed E-state index contributed by atoms with van der Waals surface area (Å²) < 4.78 is 0. The van der Waals surface area contributed by atoms with E-state index in [-0.39, 0.29) is 12.1 Å². The number of hydrogen-bond donors (Lipinski definition) is 2. The Bertz CT molecular complexity index is 737. The number of aliphatic hydroxyl groups excluding tert-OH is 1. The summed E-state index contributed by atoms with van der Waals surface area (Å²) in [6, 6.07) is 8.49. The zero-order valence-electron chi connectivity index (χ0n) is 12.2. The number of benzene rings is 1. The number of anilines is 1. The standard InChI is InChI=1S/C18H18N2O/c1-10(2)15-9-18(21)13-8-16-12(7-17(13)20-15)11-5-3-4-6-14(11)19-16/h3-10,15-16,19,21H,1-2H3. The molecule has 3 nitrogen and oxygen atoms in total. The second-order valence-corrected chi connectivity index (χ2v) is 6.15. The van der Waals surface area contributed by atoms with E-state index >= 15 is 0 Å². The molecule has 1 aromatic carbocycles. The Labute approximate surface area is 124 Å². The lowest BCUT2D eigenvalue weighted by Crippen LogP contribution is -2.25. The van der Waals surface area contributed by atoms with Gasteiger partial charge in [-0.1, -0.05) is 32.0 Å². The Kier molecular flexibility index (Phi) is 2.58. The van der Waals surface area contributed by atoms with Crippen LogP contribution in [0.25, 0.3) is 5.57 Å². The van der Waals surface area contributed by atoms with Gasteiger partial charge in [-0.15, -0.1) is 0 Å². The smallest absolute Gasteiger partial charge is 0.122 e. The molecule has 0 saturated heterocycles. The summed E-state index contributed by atoms with van der Waals surface area (Å²) >= 11 is 0. The van der Waals surface area contributed by atoms with Crippen LogP contribution in [0.3, 0.4) is 0 Å². The van der Waals surface area contributed by atoms with Gasteiger partial charge in [-0.05, 0) is 35.8 Å². The molecule has 0 bridgehead atoms. The summed E-state index contributed by atoms with van der Waals surface area (Å²) in [6.07, 6.45) is 6.06. The second-order valence-electron chi connectivity index (χ2n) is 6.15. The first-order valence-electron chi connectivity index (χ1n) is 7.42. The van der Waals surface area contributed by atoms with Gasteiger partial charge in [0.1, 0.15) is 5.76 Å². The third kappa shape index (κ3) is 1.84. The fourth-order valence-corrected chi connectivity index (χ4v) is 3.16. The topological polar surface area (TPSA) is 44.6 Å². The van der Waals surface area contributed by atoms with Crippen molar-refractivity contribution >= 4 is 17.0 Å². The van der Waals surface area contributed by atoms with Crippen molar-refractivity contribution < 1.29 is 5.11 Å². The van der Waals surface area contributed by atoms with Crippen LogP contribution in [-0.4, -0.2) is 22.9 Å². The summed E-state index contributed by atoms with van der Waals surface area (Å²) in [4.78, 5) is 4.79. The first-order valence-corrected chi connectivity index (χ1v) is 7.42. The highest BCUT2D eigenvalue weighted by Gasteiger charge is 2.32. The lowest BCUT2D eigenvalue weighted by Gasteiger charge is -2.25. The molecule has 4 rings (SSSR count). The Morgan fingerprint density at radius 3 is 2.81 bits per heavy atom. The maximum Gasteiger partial charge on any atom is 0.122 e. The van der Waals surface area contributed by atoms with Crippen molar-refractivity contribution in [1.82, 2.24) is 0 Å². The molecule has 106 valence electrons. The number of hydrogen-bond acceptors (Lipinski definition) is 3. The van der Waals surface area contributed by atoms with Crippen molar-refractivity contribution in [1.29, 1.82) is 0 Å². The number of para-hydroxylation sites is 1. The Morgan fingerprint density at radius 2 is 2.00 bits per heavy atom. The number of allylic oxidation sites excluding steroid dienone is 2. The van der Waals surface area contributed by atoms with E-state index < -0.39 is 0 Å². The van der Waals surface area contributed by atoms with Crippen LogP contribution in [-0.2, 0) is 0 Å². The normalized spacial score (nSPS) is 25.9. The van der Waals surface area contributed by atoms with Gasteiger partial charge in [-0.2, -0.15) is 0 Å². The number of fused-ring (bicyclic) bond motifs is 4. The third-order valence-electron chi connectivity index (χ3n) is 4.36. The van der Waals surface area contributed by atoms with E-state index in [1.807, 2.05) is 12.1 Å². The van der Waals surface area contributed by atoms with Crippen molar-refractivity contribution in [3.63, 3.8) is 0 Å². The minimum Gasteiger partial charge on any atom is -0.508 e. The van der Waals surface area contributed by atoms with Crippen LogP contribution >= 0.6 is 0 Å². The van der Waals surface area contributed by atoms with Crippen LogP contribution in [0, 0.1) is 5.92 Å². The Morgan fingerprint density at radius 1 is 1.19 bits per heavy atom. The molecule has 0 saturated carbocycles. The average Bonchev–Trinajstić information content (AvgIpc) is 2.83. The zero-order chi connectivity index (χ0) is 14.6. The van der Waals surface area contributed by atoms with E-state index in [9.17, 15) is 5.11 Å². The maximum absolute atomic E-state index is 10.3. The lowest BCUT2D eigenvalue weighted by atomic mass is 9.87. The summed E-state index contributed by atoms with van der Waals surface area (Å²) in [5, 5.41) is 13.8. The van der Waals surface area contributed by atoms with E-state index in [1.165, 1.54) is 11.1 Å². The molecule has 0 spiro atoms. The number of aliphatic imine (C=N–C) groups is 1. The van der Waals surface area contributed by atoms with Crippen LogP contribution in [0.5, 0.6) is 0 Å². The van der Waals surface area contributed by atoms with Gasteiger partial charge < -0.3 is 10.4 Å². The fourth-order valence-electron chi connectivity index (χ4n) is 3.16. The lowest BCUT2D eigenvalue weighted by molar-refractivity contribution is 0.413. The van der Waals surface area contributed by atoms with Crippen molar-refractivity contribution in [2.75, 3.05) is 5.32 Å². The largest absolute Gasteiger partial charge is 0.508 e. The fraction of sp³-hybridized carbons (Fsp3) is 0.278. The molecular formula is C18H18N2O. The number of dihydropyridines is 1. The molecule has 0 fully saturated rings. The SMILES string of the molecule is CC(C)C1C=C(O)C2=CC3Nc4ccccc4C3=CC2=N1. The van der Waals surface area contributed by atoms with Gasteiger partial charge in [0.05, 0.1) is 17.8 Å². The highest BCUT2D eigenvalue weighted by atomic mass is 16.3. The zero-order valence-corrected chi connectivity index (χ0v) is 12.2. The Hall–Kier alpha value is -2.29. The highest BCUT2D eigenvalue weighted by Crippen LogP contribution is 2.40. The molecule has 1 aromatic rings. The molecule has 2 heterocycles. The molecule has 0 radical (unpaired) electrons. The summed E-state index contributed by atoms with van der Waals surface area (Å²) in [5.41, 5.74) is 5.37. The number of nitrogens with zero attached hydrogens (tertiary/aromatic N) is 1. The van der Waals surface area contributed by atoms with Crippen LogP contribution in [0.1, 0.15) is 19.4 Å². The molecule has 2 unspecified atom stereocenters. The first-order chi connectivity index (χ1) is 10.1. The molecule has 21 heavy (non-hydrogen) atoms. The number of rotatable bonds is 1. The van der Waals surface area contributed by atoms with Crippen molar-refractivity contribution in [3.05, 3.63) is 59.4 Å². The second kappa shape index (κ2) is 4.35. The molecule has 2 atom stereocenters. The van der Waals surface area contributed by atoms with Gasteiger partial charge >= 0.3 is 0 Å². The van der Waals surface area contributed by atoms with Gasteiger partial charge in [-0.25, -0.2) is 0 Å². The molecule has 3 aliphatic rings. The quantitative estimate of drug-likeness (QED) is 0.822. The van der Waals surface area contributed by atoms with E-state index in [2.05, 4.69) is 49.5 Å². The Balaban J connectivity index is 1.82. The average molecular weight is 278 g/mol. The maximum atomic E-state index is 10.3. The molecule has 1 aliphatic carbocycles. The minimum absolute atomic E-state index is 0.0511. The van der Waals surface area contributed by atoms with E-state index in [1.54, 1.807) is 0 Å². The number of nitrogens with one attached hydrogen (secondary N) is 1. The molecule has 0 aromatic heterocycles. The summed E-state index contributed by atoms with van der Waals surface area (Å²) in [5.74, 6) is 0.734. The van der Waals surface area contributed by atoms with Gasteiger partial charge in [0.2, 0.25) is 0 Å². The monoisotopic (exact) mass is 278 g/mol. The van der Waals surface area contributed by atoms with Crippen LogP contribution in [0.4, 0.5) is 5.69 Å². The van der Waals surface area contributed by atoms with Crippen LogP contribution in [0.2, 0.25) is 0 Å². The summed E-state index contributed by atoms with van der Waals surface area (Å²) in [6.45, 7) is 4.25. The van der Waals surface area contributed by atoms with Crippen LogP contribution in [0.15, 0.2) is 58.8 Å². The predicted molar refractivity (Wildman–Crippen MR) is 86.7 cm³/mol. The van der Waals surface area contributed by atoms with Gasteiger partial charge in [0.25, 0.3) is 0 Å². The summed E-state index contributed by atoms with van der Waals surface area (Å²) in [7, 11) is 0. The third-order valence-corrected chi connectivity index (χ3v) is 4.36. The predicted octanol–water partition coefficient (Wildman–Crippen LogP) is 3.73. The van der Waals surface area contributed by atoms with Gasteiger partial charge in [0.15, 0.2) is 0 Å². The molecular weight excluding hydrogens is 260 g/mol. The van der Waals surface area contributed by atoms with Crippen molar-refractivity contribution in [2.24, 2.45) is 10.9 Å². The minimum atomic E-state index is 0.0511. The van der Waals surface area contributed by atoms with E-state index in [0.29, 0.717) is 11.7 Å². The highest BCUT2D eigenvalue weighted by molar-refractivity contribution is 6.18. The number of aliphatic hydroxyl groups is 1. The molecule has 3 heteroatoms. The molecule has 0 amide bonds. The van der Waals surface area contributed by atoms with Gasteiger partial charge in [0, 0.05) is 16.8 Å². The molecule has 2 N–H and O–H groups in total. The first kappa shape index (κ1) is 12.5. The molecule has 2 aliphatic heterocycles.